The Bertz CT molecular complexity index is 342. The van der Waals surface area contributed by atoms with Gasteiger partial charge in [-0.1, -0.05) is 6.42 Å². The van der Waals surface area contributed by atoms with E-state index in [4.69, 9.17) is 4.42 Å². The highest BCUT2D eigenvalue weighted by Crippen LogP contribution is 2.32. The normalized spacial score (nSPS) is 25.5. The van der Waals surface area contributed by atoms with E-state index in [1.807, 2.05) is 18.7 Å². The molecule has 0 N–H and O–H groups in total. The quantitative estimate of drug-likeness (QED) is 0.807. The van der Waals surface area contributed by atoms with Crippen molar-refractivity contribution in [2.45, 2.75) is 44.0 Å². The maximum atomic E-state index is 5.41. The lowest BCUT2D eigenvalue weighted by Gasteiger charge is -2.27. The Morgan fingerprint density at radius 2 is 2.25 bits per heavy atom. The van der Waals surface area contributed by atoms with Gasteiger partial charge in [0.2, 0.25) is 11.8 Å². The molecule has 5 heteroatoms. The van der Waals surface area contributed by atoms with E-state index in [0.717, 1.165) is 17.7 Å². The lowest BCUT2D eigenvalue weighted by Crippen LogP contribution is -2.35. The first-order valence-electron chi connectivity index (χ1n) is 5.72. The van der Waals surface area contributed by atoms with Crippen LogP contribution in [0.2, 0.25) is 0 Å². The van der Waals surface area contributed by atoms with Gasteiger partial charge in [0.15, 0.2) is 0 Å². The van der Waals surface area contributed by atoms with E-state index in [1.54, 1.807) is 0 Å². The van der Waals surface area contributed by atoms with Gasteiger partial charge >= 0.3 is 0 Å². The highest BCUT2D eigenvalue weighted by atomic mass is 32.2. The Balaban J connectivity index is 1.94. The smallest absolute Gasteiger partial charge is 0.230 e. The summed E-state index contributed by atoms with van der Waals surface area (Å²) in [6, 6.07) is 0.655. The summed E-state index contributed by atoms with van der Waals surface area (Å²) in [4.78, 5) is 2.35. The molecule has 16 heavy (non-hydrogen) atoms. The Hall–Kier alpha value is -0.550. The molecule has 1 fully saturated rings. The summed E-state index contributed by atoms with van der Waals surface area (Å²) in [5, 5.41) is 8.66. The third-order valence-electron chi connectivity index (χ3n) is 3.24. The van der Waals surface area contributed by atoms with Gasteiger partial charge in [0.25, 0.3) is 0 Å². The average Bonchev–Trinajstić information content (AvgIpc) is 2.86. The number of hydrogen-bond donors (Lipinski definition) is 0. The standard InChI is InChI=1S/C11H19N3OS/c1-8-12-13-11(15-8)7-14(2)9-5-4-6-10(9)16-3/h9-10H,4-7H2,1-3H3/t9-,10+/m1/s1. The molecule has 0 radical (unpaired) electrons. The highest BCUT2D eigenvalue weighted by Gasteiger charge is 2.30. The summed E-state index contributed by atoms with van der Waals surface area (Å²) < 4.78 is 5.41. The van der Waals surface area contributed by atoms with Crippen LogP contribution in [0.5, 0.6) is 0 Å². The third-order valence-corrected chi connectivity index (χ3v) is 4.39. The highest BCUT2D eigenvalue weighted by molar-refractivity contribution is 7.99. The monoisotopic (exact) mass is 241 g/mol. The molecule has 1 saturated carbocycles. The third kappa shape index (κ3) is 2.58. The Kier molecular flexibility index (Phi) is 3.86. The van der Waals surface area contributed by atoms with Crippen LogP contribution in [0.1, 0.15) is 31.0 Å². The zero-order valence-electron chi connectivity index (χ0n) is 10.1. The lowest BCUT2D eigenvalue weighted by molar-refractivity contribution is 0.217. The molecule has 0 unspecified atom stereocenters. The largest absolute Gasteiger partial charge is 0.424 e. The van der Waals surface area contributed by atoms with E-state index in [9.17, 15) is 0 Å². The van der Waals surface area contributed by atoms with Gasteiger partial charge < -0.3 is 4.42 Å². The molecule has 1 aliphatic carbocycles. The van der Waals surface area contributed by atoms with Crippen LogP contribution in [-0.2, 0) is 6.54 Å². The number of thioether (sulfide) groups is 1. The van der Waals surface area contributed by atoms with Gasteiger partial charge in [-0.05, 0) is 26.1 Å². The lowest BCUT2D eigenvalue weighted by atomic mass is 10.2. The number of nitrogens with zero attached hydrogens (tertiary/aromatic N) is 3. The number of hydrogen-bond acceptors (Lipinski definition) is 5. The van der Waals surface area contributed by atoms with Crippen molar-refractivity contribution in [3.8, 4) is 0 Å². The Morgan fingerprint density at radius 1 is 1.44 bits per heavy atom. The molecule has 1 aliphatic rings. The molecule has 0 spiro atoms. The molecule has 0 aromatic carbocycles. The Morgan fingerprint density at radius 3 is 2.88 bits per heavy atom. The predicted molar refractivity (Wildman–Crippen MR) is 65.4 cm³/mol. The van der Waals surface area contributed by atoms with Crippen molar-refractivity contribution in [3.05, 3.63) is 11.8 Å². The van der Waals surface area contributed by atoms with Crippen LogP contribution in [0, 0.1) is 6.92 Å². The summed E-state index contributed by atoms with van der Waals surface area (Å²) in [6.45, 7) is 2.60. The molecule has 90 valence electrons. The van der Waals surface area contributed by atoms with E-state index >= 15 is 0 Å². The second-order valence-electron chi connectivity index (χ2n) is 4.40. The summed E-state index contributed by atoms with van der Waals surface area (Å²) in [7, 11) is 2.15. The summed E-state index contributed by atoms with van der Waals surface area (Å²) in [6.07, 6.45) is 6.16. The van der Waals surface area contributed by atoms with Gasteiger partial charge in [0.1, 0.15) is 0 Å². The molecule has 1 aromatic heterocycles. The second kappa shape index (κ2) is 5.19. The van der Waals surface area contributed by atoms with Gasteiger partial charge in [-0.15, -0.1) is 10.2 Å². The zero-order chi connectivity index (χ0) is 11.5. The summed E-state index contributed by atoms with van der Waals surface area (Å²) in [5.74, 6) is 1.38. The molecule has 0 amide bonds. The van der Waals surface area contributed by atoms with E-state index in [2.05, 4.69) is 28.4 Å². The van der Waals surface area contributed by atoms with Crippen molar-refractivity contribution in [1.29, 1.82) is 0 Å². The van der Waals surface area contributed by atoms with Crippen molar-refractivity contribution in [1.82, 2.24) is 15.1 Å². The van der Waals surface area contributed by atoms with E-state index in [0.29, 0.717) is 11.9 Å². The average molecular weight is 241 g/mol. The van der Waals surface area contributed by atoms with E-state index in [-0.39, 0.29) is 0 Å². The fourth-order valence-corrected chi connectivity index (χ4v) is 3.48. The van der Waals surface area contributed by atoms with Gasteiger partial charge in [0.05, 0.1) is 6.54 Å². The van der Waals surface area contributed by atoms with Crippen molar-refractivity contribution >= 4 is 11.8 Å². The second-order valence-corrected chi connectivity index (χ2v) is 5.48. The van der Waals surface area contributed by atoms with Crippen LogP contribution in [0.15, 0.2) is 4.42 Å². The van der Waals surface area contributed by atoms with Gasteiger partial charge in [-0.2, -0.15) is 11.8 Å². The van der Waals surface area contributed by atoms with Crippen LogP contribution in [0.4, 0.5) is 0 Å². The fourth-order valence-electron chi connectivity index (χ4n) is 2.42. The number of aryl methyl sites for hydroxylation is 1. The zero-order valence-corrected chi connectivity index (χ0v) is 11.0. The predicted octanol–water partition coefficient (Wildman–Crippen LogP) is 2.09. The minimum absolute atomic E-state index is 0.649. The molecule has 1 aromatic rings. The van der Waals surface area contributed by atoms with Crippen LogP contribution < -0.4 is 0 Å². The minimum atomic E-state index is 0.649. The van der Waals surface area contributed by atoms with E-state index < -0.39 is 0 Å². The van der Waals surface area contributed by atoms with Crippen molar-refractivity contribution < 1.29 is 4.42 Å². The van der Waals surface area contributed by atoms with Gasteiger partial charge in [-0.3, -0.25) is 4.90 Å². The van der Waals surface area contributed by atoms with Crippen LogP contribution in [-0.4, -0.2) is 39.7 Å². The fraction of sp³-hybridized carbons (Fsp3) is 0.818. The molecule has 0 bridgehead atoms. The van der Waals surface area contributed by atoms with Crippen LogP contribution >= 0.6 is 11.8 Å². The summed E-state index contributed by atoms with van der Waals surface area (Å²) in [5.41, 5.74) is 0. The first-order chi connectivity index (χ1) is 7.70. The van der Waals surface area contributed by atoms with Gasteiger partial charge in [0, 0.05) is 18.2 Å². The van der Waals surface area contributed by atoms with E-state index in [1.165, 1.54) is 19.3 Å². The maximum absolute atomic E-state index is 5.41. The molecule has 0 aliphatic heterocycles. The van der Waals surface area contributed by atoms with Crippen LogP contribution in [0.25, 0.3) is 0 Å². The first-order valence-corrected chi connectivity index (χ1v) is 7.01. The molecule has 2 atom stereocenters. The topological polar surface area (TPSA) is 42.2 Å². The van der Waals surface area contributed by atoms with Crippen molar-refractivity contribution in [3.63, 3.8) is 0 Å². The Labute approximate surface area is 101 Å². The first kappa shape index (κ1) is 11.9. The molecular formula is C11H19N3OS. The minimum Gasteiger partial charge on any atom is -0.424 e. The SMILES string of the molecule is CS[C@H]1CCC[C@H]1N(C)Cc1nnc(C)o1. The summed E-state index contributed by atoms with van der Waals surface area (Å²) >= 11 is 1.98. The van der Waals surface area contributed by atoms with Crippen LogP contribution in [0.3, 0.4) is 0 Å². The van der Waals surface area contributed by atoms with Gasteiger partial charge in [-0.25, -0.2) is 0 Å². The molecular weight excluding hydrogens is 222 g/mol. The molecule has 2 rings (SSSR count). The molecule has 0 saturated heterocycles. The van der Waals surface area contributed by atoms with Crippen molar-refractivity contribution in [2.24, 2.45) is 0 Å². The molecule has 1 heterocycles. The molecule has 4 nitrogen and oxygen atoms in total. The number of rotatable bonds is 4. The maximum Gasteiger partial charge on any atom is 0.230 e. The number of aromatic nitrogens is 2. The van der Waals surface area contributed by atoms with Crippen molar-refractivity contribution in [2.75, 3.05) is 13.3 Å².